The summed E-state index contributed by atoms with van der Waals surface area (Å²) in [4.78, 5) is 0. The Balaban J connectivity index is 3.91. The lowest BCUT2D eigenvalue weighted by molar-refractivity contribution is 0.259. The Morgan fingerprint density at radius 1 is 1.31 bits per heavy atom. The largest absolute Gasteiger partial charge is 0.389 e. The van der Waals surface area contributed by atoms with Crippen molar-refractivity contribution in [1.82, 2.24) is 5.32 Å². The molecule has 0 aromatic carbocycles. The molecule has 0 aliphatic rings. The van der Waals surface area contributed by atoms with E-state index in [1.165, 1.54) is 6.42 Å². The van der Waals surface area contributed by atoms with Gasteiger partial charge in [0.25, 0.3) is 0 Å². The second-order valence-electron chi connectivity index (χ2n) is 4.45. The fourth-order valence-corrected chi connectivity index (χ4v) is 2.02. The highest BCUT2D eigenvalue weighted by Crippen LogP contribution is 2.23. The number of hydrogen-bond acceptors (Lipinski definition) is 1. The van der Waals surface area contributed by atoms with Crippen LogP contribution in [0.5, 0.6) is 0 Å². The van der Waals surface area contributed by atoms with Gasteiger partial charge in [-0.05, 0) is 24.7 Å². The van der Waals surface area contributed by atoms with Crippen LogP contribution in [0.4, 0.5) is 0 Å². The van der Waals surface area contributed by atoms with Crippen LogP contribution in [0, 0.1) is 17.8 Å². The molecule has 0 rings (SSSR count). The zero-order chi connectivity index (χ0) is 10.4. The van der Waals surface area contributed by atoms with E-state index < -0.39 is 0 Å². The lowest BCUT2D eigenvalue weighted by atomic mass is 9.82. The smallest absolute Gasteiger partial charge is 0.0172 e. The molecule has 0 aromatic rings. The fourth-order valence-electron chi connectivity index (χ4n) is 2.02. The zero-order valence-corrected chi connectivity index (χ0v) is 9.85. The molecule has 0 bridgehead atoms. The van der Waals surface area contributed by atoms with Crippen LogP contribution in [0.15, 0.2) is 12.3 Å². The van der Waals surface area contributed by atoms with Crippen molar-refractivity contribution in [2.75, 3.05) is 6.54 Å². The van der Waals surface area contributed by atoms with E-state index in [9.17, 15) is 0 Å². The van der Waals surface area contributed by atoms with E-state index >= 15 is 0 Å². The van der Waals surface area contributed by atoms with Crippen LogP contribution in [0.25, 0.3) is 0 Å². The molecule has 0 heterocycles. The van der Waals surface area contributed by atoms with Gasteiger partial charge in [-0.2, -0.15) is 0 Å². The van der Waals surface area contributed by atoms with E-state index in [4.69, 9.17) is 0 Å². The lowest BCUT2D eigenvalue weighted by Gasteiger charge is -2.26. The Kier molecular flexibility index (Phi) is 5.85. The van der Waals surface area contributed by atoms with Crippen LogP contribution in [0.2, 0.25) is 0 Å². The summed E-state index contributed by atoms with van der Waals surface area (Å²) in [5.74, 6) is 2.35. The number of hydrogen-bond donors (Lipinski definition) is 1. The minimum atomic E-state index is 0.738. The monoisotopic (exact) mass is 183 g/mol. The number of nitrogens with one attached hydrogen (secondary N) is 1. The normalized spacial score (nSPS) is 15.5. The predicted octanol–water partition coefficient (Wildman–Crippen LogP) is 3.43. The molecule has 0 aliphatic carbocycles. The van der Waals surface area contributed by atoms with E-state index in [1.54, 1.807) is 0 Å². The van der Waals surface area contributed by atoms with Crippen LogP contribution in [0.1, 0.15) is 41.0 Å². The van der Waals surface area contributed by atoms with Gasteiger partial charge in [-0.15, -0.1) is 0 Å². The van der Waals surface area contributed by atoms with E-state index in [-0.39, 0.29) is 0 Å². The predicted molar refractivity (Wildman–Crippen MR) is 60.6 cm³/mol. The first-order chi connectivity index (χ1) is 5.99. The Morgan fingerprint density at radius 2 is 1.85 bits per heavy atom. The van der Waals surface area contributed by atoms with Crippen LogP contribution >= 0.6 is 0 Å². The number of rotatable bonds is 6. The van der Waals surface area contributed by atoms with E-state index in [1.807, 2.05) is 6.92 Å². The molecule has 1 N–H and O–H groups in total. The SMILES string of the molecule is C=C(C)NCC(C)C(CC)C(C)C. The molecule has 13 heavy (non-hydrogen) atoms. The average Bonchev–Trinajstić information content (AvgIpc) is 2.01. The fraction of sp³-hybridized carbons (Fsp3) is 0.833. The number of allylic oxidation sites excluding steroid dienone is 1. The van der Waals surface area contributed by atoms with Crippen molar-refractivity contribution in [2.24, 2.45) is 17.8 Å². The second kappa shape index (κ2) is 6.06. The summed E-state index contributed by atoms with van der Waals surface area (Å²) >= 11 is 0. The molecule has 1 heteroatoms. The minimum absolute atomic E-state index is 0.738. The van der Waals surface area contributed by atoms with Gasteiger partial charge in [0.2, 0.25) is 0 Å². The summed E-state index contributed by atoms with van der Waals surface area (Å²) in [5, 5.41) is 3.32. The van der Waals surface area contributed by atoms with Gasteiger partial charge in [0, 0.05) is 12.2 Å². The van der Waals surface area contributed by atoms with E-state index in [2.05, 4.69) is 39.6 Å². The molecule has 2 unspecified atom stereocenters. The molecule has 0 amide bonds. The minimum Gasteiger partial charge on any atom is -0.389 e. The first-order valence-electron chi connectivity index (χ1n) is 5.38. The molecule has 0 aliphatic heterocycles. The molecular formula is C12H25N. The van der Waals surface area contributed by atoms with Crippen LogP contribution < -0.4 is 5.32 Å². The highest BCUT2D eigenvalue weighted by molar-refractivity contribution is 4.85. The Hall–Kier alpha value is -0.460. The molecular weight excluding hydrogens is 158 g/mol. The maximum absolute atomic E-state index is 3.85. The molecule has 78 valence electrons. The summed E-state index contributed by atoms with van der Waals surface area (Å²) in [6.07, 6.45) is 1.27. The van der Waals surface area contributed by atoms with Gasteiger partial charge < -0.3 is 5.32 Å². The van der Waals surface area contributed by atoms with Crippen LogP contribution in [-0.2, 0) is 0 Å². The lowest BCUT2D eigenvalue weighted by Crippen LogP contribution is -2.27. The van der Waals surface area contributed by atoms with Gasteiger partial charge >= 0.3 is 0 Å². The standard InChI is InChI=1S/C12H25N/c1-7-12(9(2)3)11(6)8-13-10(4)5/h9,11-13H,4,7-8H2,1-3,5-6H3. The van der Waals surface area contributed by atoms with Crippen molar-refractivity contribution in [3.8, 4) is 0 Å². The van der Waals surface area contributed by atoms with Gasteiger partial charge in [-0.1, -0.05) is 40.7 Å². The molecule has 2 atom stereocenters. The molecule has 0 saturated heterocycles. The molecule has 0 fully saturated rings. The van der Waals surface area contributed by atoms with Crippen LogP contribution in [-0.4, -0.2) is 6.54 Å². The van der Waals surface area contributed by atoms with Gasteiger partial charge in [0.15, 0.2) is 0 Å². The van der Waals surface area contributed by atoms with Crippen molar-refractivity contribution >= 4 is 0 Å². The van der Waals surface area contributed by atoms with E-state index in [0.29, 0.717) is 0 Å². The van der Waals surface area contributed by atoms with Crippen molar-refractivity contribution < 1.29 is 0 Å². The van der Waals surface area contributed by atoms with Crippen molar-refractivity contribution in [1.29, 1.82) is 0 Å². The molecule has 0 aromatic heterocycles. The second-order valence-corrected chi connectivity index (χ2v) is 4.45. The quantitative estimate of drug-likeness (QED) is 0.665. The molecule has 0 spiro atoms. The first kappa shape index (κ1) is 12.5. The van der Waals surface area contributed by atoms with Gasteiger partial charge in [0.1, 0.15) is 0 Å². The highest BCUT2D eigenvalue weighted by Gasteiger charge is 2.18. The van der Waals surface area contributed by atoms with Crippen molar-refractivity contribution in [2.45, 2.75) is 41.0 Å². The Morgan fingerprint density at radius 3 is 2.15 bits per heavy atom. The summed E-state index contributed by atoms with van der Waals surface area (Å²) in [5.41, 5.74) is 1.07. The topological polar surface area (TPSA) is 12.0 Å². The zero-order valence-electron chi connectivity index (χ0n) is 9.85. The summed E-state index contributed by atoms with van der Waals surface area (Å²) < 4.78 is 0. The highest BCUT2D eigenvalue weighted by atomic mass is 14.9. The first-order valence-corrected chi connectivity index (χ1v) is 5.38. The third-order valence-corrected chi connectivity index (χ3v) is 2.78. The van der Waals surface area contributed by atoms with Gasteiger partial charge in [0.05, 0.1) is 0 Å². The third-order valence-electron chi connectivity index (χ3n) is 2.78. The summed E-state index contributed by atoms with van der Waals surface area (Å²) in [6.45, 7) is 16.1. The maximum atomic E-state index is 3.85. The average molecular weight is 183 g/mol. The molecule has 0 saturated carbocycles. The summed E-state index contributed by atoms with van der Waals surface area (Å²) in [7, 11) is 0. The third kappa shape index (κ3) is 4.97. The van der Waals surface area contributed by atoms with Crippen molar-refractivity contribution in [3.05, 3.63) is 12.3 Å². The Labute approximate surface area is 83.6 Å². The summed E-state index contributed by atoms with van der Waals surface area (Å²) in [6, 6.07) is 0. The van der Waals surface area contributed by atoms with Gasteiger partial charge in [-0.3, -0.25) is 0 Å². The molecule has 1 nitrogen and oxygen atoms in total. The van der Waals surface area contributed by atoms with E-state index in [0.717, 1.165) is 30.0 Å². The van der Waals surface area contributed by atoms with Crippen LogP contribution in [0.3, 0.4) is 0 Å². The van der Waals surface area contributed by atoms with Gasteiger partial charge in [-0.25, -0.2) is 0 Å². The molecule has 0 radical (unpaired) electrons. The Bertz CT molecular complexity index is 149. The van der Waals surface area contributed by atoms with Crippen molar-refractivity contribution in [3.63, 3.8) is 0 Å². The maximum Gasteiger partial charge on any atom is 0.0172 e.